The molecule has 0 spiro atoms. The van der Waals surface area contributed by atoms with Gasteiger partial charge in [0.05, 0.1) is 0 Å². The first kappa shape index (κ1) is 17.4. The molecule has 0 amide bonds. The molecule has 2 rings (SSSR count). The standard InChI is InChI=1S/C21H34N/c1-2-3-4-5-6-7-8-10-18-11-9-12-20(17-18)19-13-15-21(22)16-14-19/h9,13-16,18,20H,2-8,10-12,17,22H2,1H3. The highest BCUT2D eigenvalue weighted by Crippen LogP contribution is 2.38. The molecule has 1 aromatic carbocycles. The molecule has 1 fully saturated rings. The van der Waals surface area contributed by atoms with Crippen molar-refractivity contribution >= 4 is 5.69 Å². The van der Waals surface area contributed by atoms with E-state index in [1.807, 2.05) is 0 Å². The first-order valence-corrected chi connectivity index (χ1v) is 9.46. The molecule has 1 aliphatic rings. The second-order valence-corrected chi connectivity index (χ2v) is 7.14. The van der Waals surface area contributed by atoms with E-state index in [0.29, 0.717) is 0 Å². The van der Waals surface area contributed by atoms with Crippen molar-refractivity contribution in [3.8, 4) is 0 Å². The van der Waals surface area contributed by atoms with Crippen LogP contribution >= 0.6 is 0 Å². The minimum atomic E-state index is 0.726. The largest absolute Gasteiger partial charge is 0.399 e. The van der Waals surface area contributed by atoms with Crippen LogP contribution < -0.4 is 5.73 Å². The van der Waals surface area contributed by atoms with E-state index in [4.69, 9.17) is 5.73 Å². The van der Waals surface area contributed by atoms with Crippen LogP contribution in [0.15, 0.2) is 24.3 Å². The number of hydrogen-bond donors (Lipinski definition) is 1. The topological polar surface area (TPSA) is 26.0 Å². The van der Waals surface area contributed by atoms with Gasteiger partial charge >= 0.3 is 0 Å². The molecule has 0 saturated heterocycles. The zero-order valence-electron chi connectivity index (χ0n) is 14.4. The molecule has 2 N–H and O–H groups in total. The van der Waals surface area contributed by atoms with Crippen LogP contribution in [0.4, 0.5) is 5.69 Å². The third-order valence-electron chi connectivity index (χ3n) is 5.19. The van der Waals surface area contributed by atoms with Crippen LogP contribution in [0.2, 0.25) is 0 Å². The SMILES string of the molecule is CCCCCCCCCC1C[CH]CC(c2ccc(N)cc2)C1. The van der Waals surface area contributed by atoms with E-state index in [-0.39, 0.29) is 0 Å². The predicted molar refractivity (Wildman–Crippen MR) is 97.8 cm³/mol. The van der Waals surface area contributed by atoms with Crippen LogP contribution in [0.3, 0.4) is 0 Å². The molecule has 1 saturated carbocycles. The van der Waals surface area contributed by atoms with Gasteiger partial charge in [-0.2, -0.15) is 0 Å². The summed E-state index contributed by atoms with van der Waals surface area (Å²) in [5.74, 6) is 1.64. The Hall–Kier alpha value is -0.980. The highest BCUT2D eigenvalue weighted by atomic mass is 14.5. The van der Waals surface area contributed by atoms with Crippen molar-refractivity contribution in [1.82, 2.24) is 0 Å². The Morgan fingerprint density at radius 3 is 2.32 bits per heavy atom. The van der Waals surface area contributed by atoms with E-state index < -0.39 is 0 Å². The molecule has 1 aromatic rings. The monoisotopic (exact) mass is 300 g/mol. The van der Waals surface area contributed by atoms with Crippen LogP contribution in [-0.4, -0.2) is 0 Å². The van der Waals surface area contributed by atoms with Gasteiger partial charge in [0.15, 0.2) is 0 Å². The lowest BCUT2D eigenvalue weighted by atomic mass is 9.76. The summed E-state index contributed by atoms with van der Waals surface area (Å²) in [7, 11) is 0. The molecule has 1 nitrogen and oxygen atoms in total. The van der Waals surface area contributed by atoms with Crippen LogP contribution in [0, 0.1) is 12.3 Å². The van der Waals surface area contributed by atoms with Crippen molar-refractivity contribution in [3.05, 3.63) is 36.2 Å². The molecule has 0 aliphatic heterocycles. The minimum Gasteiger partial charge on any atom is -0.399 e. The lowest BCUT2D eigenvalue weighted by Gasteiger charge is -2.29. The molecule has 2 atom stereocenters. The Kier molecular flexibility index (Phi) is 7.83. The second-order valence-electron chi connectivity index (χ2n) is 7.14. The number of hydrogen-bond acceptors (Lipinski definition) is 1. The molecule has 0 bridgehead atoms. The van der Waals surface area contributed by atoms with Crippen LogP contribution in [0.5, 0.6) is 0 Å². The molecular weight excluding hydrogens is 266 g/mol. The van der Waals surface area contributed by atoms with Crippen molar-refractivity contribution in [2.24, 2.45) is 5.92 Å². The lowest BCUT2D eigenvalue weighted by Crippen LogP contribution is -2.14. The molecule has 0 aromatic heterocycles. The zero-order valence-corrected chi connectivity index (χ0v) is 14.4. The third-order valence-corrected chi connectivity index (χ3v) is 5.19. The molecule has 123 valence electrons. The fraction of sp³-hybridized carbons (Fsp3) is 0.667. The zero-order chi connectivity index (χ0) is 15.6. The summed E-state index contributed by atoms with van der Waals surface area (Å²) in [6.45, 7) is 2.29. The van der Waals surface area contributed by atoms with Crippen molar-refractivity contribution in [2.45, 2.75) is 83.5 Å². The number of nitrogens with two attached hydrogens (primary N) is 1. The van der Waals surface area contributed by atoms with Gasteiger partial charge in [-0.25, -0.2) is 0 Å². The summed E-state index contributed by atoms with van der Waals surface area (Å²) in [6, 6.07) is 8.55. The van der Waals surface area contributed by atoms with Crippen molar-refractivity contribution in [3.63, 3.8) is 0 Å². The molecule has 22 heavy (non-hydrogen) atoms. The highest BCUT2D eigenvalue weighted by Gasteiger charge is 2.22. The normalized spacial score (nSPS) is 21.9. The maximum atomic E-state index is 5.80. The lowest BCUT2D eigenvalue weighted by molar-refractivity contribution is 0.342. The summed E-state index contributed by atoms with van der Waals surface area (Å²) in [5.41, 5.74) is 8.16. The van der Waals surface area contributed by atoms with E-state index >= 15 is 0 Å². The van der Waals surface area contributed by atoms with Crippen LogP contribution in [0.1, 0.15) is 89.0 Å². The maximum absolute atomic E-state index is 5.80. The molecule has 1 heteroatoms. The van der Waals surface area contributed by atoms with Gasteiger partial charge in [-0.3, -0.25) is 0 Å². The van der Waals surface area contributed by atoms with Gasteiger partial charge in [-0.15, -0.1) is 0 Å². The number of unbranched alkanes of at least 4 members (excludes halogenated alkanes) is 6. The van der Waals surface area contributed by atoms with Gasteiger partial charge in [0, 0.05) is 5.69 Å². The molecule has 1 radical (unpaired) electrons. The smallest absolute Gasteiger partial charge is 0.0314 e. The first-order chi connectivity index (χ1) is 10.8. The Morgan fingerprint density at radius 1 is 0.909 bits per heavy atom. The summed E-state index contributed by atoms with van der Waals surface area (Å²) in [5, 5.41) is 0. The molecular formula is C21H34N. The number of rotatable bonds is 9. The van der Waals surface area contributed by atoms with Crippen LogP contribution in [-0.2, 0) is 0 Å². The first-order valence-electron chi connectivity index (χ1n) is 9.46. The predicted octanol–water partition coefficient (Wildman–Crippen LogP) is 6.50. The van der Waals surface area contributed by atoms with E-state index in [9.17, 15) is 0 Å². The highest BCUT2D eigenvalue weighted by molar-refractivity contribution is 5.40. The summed E-state index contributed by atoms with van der Waals surface area (Å²) >= 11 is 0. The van der Waals surface area contributed by atoms with E-state index in [1.54, 1.807) is 0 Å². The summed E-state index contributed by atoms with van der Waals surface area (Å²) < 4.78 is 0. The average molecular weight is 301 g/mol. The Balaban J connectivity index is 1.64. The second kappa shape index (κ2) is 9.92. The molecule has 1 aliphatic carbocycles. The van der Waals surface area contributed by atoms with Crippen molar-refractivity contribution in [2.75, 3.05) is 5.73 Å². The number of nitrogen functional groups attached to an aromatic ring is 1. The average Bonchev–Trinajstić information content (AvgIpc) is 2.55. The maximum Gasteiger partial charge on any atom is 0.0314 e. The molecule has 0 heterocycles. The van der Waals surface area contributed by atoms with E-state index in [0.717, 1.165) is 17.5 Å². The van der Waals surface area contributed by atoms with Gasteiger partial charge < -0.3 is 5.73 Å². The van der Waals surface area contributed by atoms with E-state index in [1.165, 1.54) is 76.2 Å². The Labute approximate surface area is 137 Å². The van der Waals surface area contributed by atoms with Gasteiger partial charge in [0.1, 0.15) is 0 Å². The summed E-state index contributed by atoms with van der Waals surface area (Å²) in [6.07, 6.45) is 17.9. The van der Waals surface area contributed by atoms with Crippen molar-refractivity contribution < 1.29 is 0 Å². The van der Waals surface area contributed by atoms with Crippen LogP contribution in [0.25, 0.3) is 0 Å². The minimum absolute atomic E-state index is 0.726. The Morgan fingerprint density at radius 2 is 1.59 bits per heavy atom. The van der Waals surface area contributed by atoms with Gasteiger partial charge in [0.2, 0.25) is 0 Å². The van der Waals surface area contributed by atoms with Gasteiger partial charge in [0.25, 0.3) is 0 Å². The molecule has 2 unspecified atom stereocenters. The fourth-order valence-electron chi connectivity index (χ4n) is 3.79. The van der Waals surface area contributed by atoms with Gasteiger partial charge in [-0.1, -0.05) is 70.4 Å². The van der Waals surface area contributed by atoms with Crippen molar-refractivity contribution in [1.29, 1.82) is 0 Å². The fourth-order valence-corrected chi connectivity index (χ4v) is 3.79. The Bertz CT molecular complexity index is 395. The van der Waals surface area contributed by atoms with E-state index in [2.05, 4.69) is 37.6 Å². The number of anilines is 1. The van der Waals surface area contributed by atoms with Gasteiger partial charge in [-0.05, 0) is 55.2 Å². The quantitative estimate of drug-likeness (QED) is 0.409. The number of benzene rings is 1. The summed E-state index contributed by atoms with van der Waals surface area (Å²) in [4.78, 5) is 0. The third kappa shape index (κ3) is 6.02.